The van der Waals surface area contributed by atoms with Crippen LogP contribution in [0.2, 0.25) is 0 Å². The summed E-state index contributed by atoms with van der Waals surface area (Å²) in [6.45, 7) is 6.95. The number of pyridine rings is 1. The van der Waals surface area contributed by atoms with E-state index in [9.17, 15) is 4.79 Å². The predicted octanol–water partition coefficient (Wildman–Crippen LogP) is 3.94. The van der Waals surface area contributed by atoms with Crippen molar-refractivity contribution in [2.75, 3.05) is 6.54 Å². The number of rotatable bonds is 6. The van der Waals surface area contributed by atoms with Crippen molar-refractivity contribution >= 4 is 11.6 Å². The molecular weight excluding hydrogens is 310 g/mol. The number of amides is 1. The van der Waals surface area contributed by atoms with Gasteiger partial charge >= 0.3 is 0 Å². The van der Waals surface area contributed by atoms with E-state index in [0.29, 0.717) is 18.9 Å². The van der Waals surface area contributed by atoms with Crippen molar-refractivity contribution in [2.45, 2.75) is 33.1 Å². The predicted molar refractivity (Wildman–Crippen MR) is 101 cm³/mol. The van der Waals surface area contributed by atoms with Gasteiger partial charge in [-0.2, -0.15) is 0 Å². The van der Waals surface area contributed by atoms with Crippen molar-refractivity contribution in [3.63, 3.8) is 0 Å². The number of benzene rings is 1. The minimum absolute atomic E-state index is 0.0230. The van der Waals surface area contributed by atoms with Crippen molar-refractivity contribution in [3.8, 4) is 0 Å². The van der Waals surface area contributed by atoms with Crippen molar-refractivity contribution in [2.24, 2.45) is 5.92 Å². The van der Waals surface area contributed by atoms with Crippen LogP contribution in [0.1, 0.15) is 43.0 Å². The maximum atomic E-state index is 12.5. The van der Waals surface area contributed by atoms with Crippen LogP contribution in [-0.4, -0.2) is 21.8 Å². The fraction of sp³-hybridized carbons (Fsp3) is 0.333. The molecule has 4 heteroatoms. The fourth-order valence-corrected chi connectivity index (χ4v) is 3.08. The van der Waals surface area contributed by atoms with Crippen LogP contribution < -0.4 is 5.32 Å². The summed E-state index contributed by atoms with van der Waals surface area (Å²) in [5.74, 6) is 0.493. The molecule has 2 heterocycles. The third-order valence-electron chi connectivity index (χ3n) is 4.42. The largest absolute Gasteiger partial charge is 0.356 e. The Morgan fingerprint density at radius 3 is 2.64 bits per heavy atom. The minimum Gasteiger partial charge on any atom is -0.356 e. The van der Waals surface area contributed by atoms with E-state index in [1.165, 1.54) is 0 Å². The lowest BCUT2D eigenvalue weighted by Gasteiger charge is -2.18. The summed E-state index contributed by atoms with van der Waals surface area (Å²) < 4.78 is 2.10. The molecule has 0 spiro atoms. The second kappa shape index (κ2) is 7.51. The minimum atomic E-state index is -0.0230. The number of aryl methyl sites for hydroxylation is 1. The van der Waals surface area contributed by atoms with Crippen LogP contribution in [0.15, 0.2) is 54.9 Å². The molecule has 1 N–H and O–H groups in total. The van der Waals surface area contributed by atoms with Crippen molar-refractivity contribution in [1.82, 2.24) is 14.7 Å². The summed E-state index contributed by atoms with van der Waals surface area (Å²) in [6.07, 6.45) is 4.33. The summed E-state index contributed by atoms with van der Waals surface area (Å²) in [4.78, 5) is 17.1. The Morgan fingerprint density at radius 2 is 1.92 bits per heavy atom. The Bertz CT molecular complexity index is 852. The molecule has 0 radical (unpaired) electrons. The Balaban J connectivity index is 1.96. The Labute approximate surface area is 148 Å². The van der Waals surface area contributed by atoms with E-state index in [0.717, 1.165) is 22.5 Å². The third kappa shape index (κ3) is 3.90. The zero-order valence-electron chi connectivity index (χ0n) is 15.1. The molecule has 1 atom stereocenters. The van der Waals surface area contributed by atoms with Gasteiger partial charge in [-0.25, -0.2) is 4.98 Å². The normalized spacial score (nSPS) is 12.5. The topological polar surface area (TPSA) is 46.4 Å². The second-order valence-electron chi connectivity index (χ2n) is 6.93. The fourth-order valence-electron chi connectivity index (χ4n) is 3.08. The molecule has 0 saturated heterocycles. The van der Waals surface area contributed by atoms with Gasteiger partial charge in [0.25, 0.3) is 0 Å². The van der Waals surface area contributed by atoms with Gasteiger partial charge in [-0.1, -0.05) is 50.2 Å². The van der Waals surface area contributed by atoms with Crippen molar-refractivity contribution < 1.29 is 4.79 Å². The molecule has 1 amide bonds. The Kier molecular flexibility index (Phi) is 5.17. The first-order chi connectivity index (χ1) is 12.1. The molecule has 25 heavy (non-hydrogen) atoms. The number of carbonyl (C=O) groups is 1. The summed E-state index contributed by atoms with van der Waals surface area (Å²) in [5.41, 5.74) is 4.25. The zero-order chi connectivity index (χ0) is 17.8. The maximum Gasteiger partial charge on any atom is 0.221 e. The maximum absolute atomic E-state index is 12.5. The third-order valence-corrected chi connectivity index (χ3v) is 4.42. The molecule has 4 nitrogen and oxygen atoms in total. The first-order valence-electron chi connectivity index (χ1n) is 8.80. The van der Waals surface area contributed by atoms with Crippen LogP contribution in [0.25, 0.3) is 5.65 Å². The first-order valence-corrected chi connectivity index (χ1v) is 8.80. The molecule has 0 aliphatic heterocycles. The number of nitrogens with zero attached hydrogens (tertiary/aromatic N) is 2. The smallest absolute Gasteiger partial charge is 0.221 e. The lowest BCUT2D eigenvalue weighted by molar-refractivity contribution is -0.121. The highest BCUT2D eigenvalue weighted by Crippen LogP contribution is 2.29. The van der Waals surface area contributed by atoms with Crippen LogP contribution in [0.5, 0.6) is 0 Å². The summed E-state index contributed by atoms with van der Waals surface area (Å²) >= 11 is 0. The summed E-state index contributed by atoms with van der Waals surface area (Å²) in [7, 11) is 0. The molecular formula is C21H25N3O. The molecule has 0 bridgehead atoms. The molecule has 0 saturated carbocycles. The molecule has 1 aromatic carbocycles. The van der Waals surface area contributed by atoms with Gasteiger partial charge in [0.2, 0.25) is 5.91 Å². The van der Waals surface area contributed by atoms with Crippen LogP contribution in [-0.2, 0) is 4.79 Å². The van der Waals surface area contributed by atoms with E-state index in [1.807, 2.05) is 36.7 Å². The molecule has 130 valence electrons. The number of aromatic nitrogens is 2. The van der Waals surface area contributed by atoms with E-state index in [2.05, 4.69) is 53.7 Å². The van der Waals surface area contributed by atoms with Gasteiger partial charge < -0.3 is 9.72 Å². The van der Waals surface area contributed by atoms with Crippen LogP contribution in [0.3, 0.4) is 0 Å². The molecule has 3 aromatic rings. The highest BCUT2D eigenvalue weighted by Gasteiger charge is 2.22. The number of hydrogen-bond acceptors (Lipinski definition) is 2. The highest BCUT2D eigenvalue weighted by molar-refractivity contribution is 5.77. The van der Waals surface area contributed by atoms with E-state index in [4.69, 9.17) is 0 Å². The van der Waals surface area contributed by atoms with E-state index >= 15 is 0 Å². The molecule has 0 aliphatic carbocycles. The highest BCUT2D eigenvalue weighted by atomic mass is 16.1. The van der Waals surface area contributed by atoms with E-state index in [-0.39, 0.29) is 11.8 Å². The quantitative estimate of drug-likeness (QED) is 0.742. The number of nitrogens with one attached hydrogen (secondary N) is 1. The lowest BCUT2D eigenvalue weighted by atomic mass is 9.92. The van der Waals surface area contributed by atoms with Gasteiger partial charge in [-0.15, -0.1) is 0 Å². The Morgan fingerprint density at radius 1 is 1.16 bits per heavy atom. The lowest BCUT2D eigenvalue weighted by Crippen LogP contribution is -2.29. The Hall–Kier alpha value is -2.62. The van der Waals surface area contributed by atoms with Crippen molar-refractivity contribution in [1.29, 1.82) is 0 Å². The van der Waals surface area contributed by atoms with Gasteiger partial charge in [0.05, 0.1) is 5.69 Å². The van der Waals surface area contributed by atoms with Gasteiger partial charge in [0, 0.05) is 31.3 Å². The summed E-state index contributed by atoms with van der Waals surface area (Å²) in [6, 6.07) is 14.3. The van der Waals surface area contributed by atoms with Crippen LogP contribution >= 0.6 is 0 Å². The van der Waals surface area contributed by atoms with Crippen LogP contribution in [0.4, 0.5) is 0 Å². The van der Waals surface area contributed by atoms with Gasteiger partial charge in [-0.05, 0) is 30.0 Å². The summed E-state index contributed by atoms with van der Waals surface area (Å²) in [5, 5.41) is 3.04. The number of hydrogen-bond donors (Lipinski definition) is 1. The molecule has 3 rings (SSSR count). The number of fused-ring (bicyclic) bond motifs is 1. The number of carbonyl (C=O) groups excluding carboxylic acids is 1. The zero-order valence-corrected chi connectivity index (χ0v) is 15.1. The van der Waals surface area contributed by atoms with Crippen LogP contribution in [0, 0.1) is 12.8 Å². The first kappa shape index (κ1) is 17.2. The molecule has 0 fully saturated rings. The van der Waals surface area contributed by atoms with Gasteiger partial charge in [-0.3, -0.25) is 4.79 Å². The standard InChI is InChI=1S/C21H25N3O/c1-15(2)13-22-20(25)12-18(17-9-5-4-6-10-17)19-14-23-21-16(3)8-7-11-24(19)21/h4-11,14-15,18H,12-13H2,1-3H3,(H,22,25). The molecule has 1 unspecified atom stereocenters. The molecule has 0 aliphatic rings. The monoisotopic (exact) mass is 335 g/mol. The van der Waals surface area contributed by atoms with Gasteiger partial charge in [0.1, 0.15) is 5.65 Å². The average molecular weight is 335 g/mol. The van der Waals surface area contributed by atoms with Crippen molar-refractivity contribution in [3.05, 3.63) is 71.7 Å². The van der Waals surface area contributed by atoms with E-state index in [1.54, 1.807) is 0 Å². The number of imidazole rings is 1. The van der Waals surface area contributed by atoms with E-state index < -0.39 is 0 Å². The second-order valence-corrected chi connectivity index (χ2v) is 6.93. The van der Waals surface area contributed by atoms with Gasteiger partial charge in [0.15, 0.2) is 0 Å². The molecule has 2 aromatic heterocycles. The SMILES string of the molecule is Cc1cccn2c(C(CC(=O)NCC(C)C)c3ccccc3)cnc12. The average Bonchev–Trinajstić information content (AvgIpc) is 3.04.